The molecule has 9 nitrogen and oxygen atoms in total. The van der Waals surface area contributed by atoms with Gasteiger partial charge in [-0.2, -0.15) is 0 Å². The number of nitrogens with zero attached hydrogens (tertiary/aromatic N) is 5. The minimum absolute atomic E-state index is 0.151. The highest BCUT2D eigenvalue weighted by molar-refractivity contribution is 6.04. The van der Waals surface area contributed by atoms with Crippen molar-refractivity contribution >= 4 is 23.5 Å². The second kappa shape index (κ2) is 12.0. The summed E-state index contributed by atoms with van der Waals surface area (Å²) in [6.07, 6.45) is 5.96. The molecule has 3 aromatic rings. The fourth-order valence-electron chi connectivity index (χ4n) is 4.68. The fourth-order valence-corrected chi connectivity index (χ4v) is 4.68. The molecule has 0 unspecified atom stereocenters. The van der Waals surface area contributed by atoms with Gasteiger partial charge in [0.1, 0.15) is 11.6 Å². The van der Waals surface area contributed by atoms with E-state index in [-0.39, 0.29) is 17.6 Å². The minimum atomic E-state index is -0.495. The molecule has 4 heterocycles. The Bertz CT molecular complexity index is 1220. The molecule has 5 rings (SSSR count). The van der Waals surface area contributed by atoms with Crippen molar-refractivity contribution in [3.05, 3.63) is 77.9 Å². The Hall–Kier alpha value is -4.05. The molecule has 1 aromatic carbocycles. The lowest BCUT2D eigenvalue weighted by molar-refractivity contribution is 0.102. The highest BCUT2D eigenvalue weighted by atomic mass is 19.1. The van der Waals surface area contributed by atoms with Crippen molar-refractivity contribution in [3.63, 3.8) is 0 Å². The van der Waals surface area contributed by atoms with Gasteiger partial charge in [-0.1, -0.05) is 18.6 Å². The third-order valence-electron chi connectivity index (χ3n) is 6.83. The number of hydrogen-bond donors (Lipinski definition) is 1. The normalized spacial score (nSPS) is 16.2. The molecule has 0 saturated carbocycles. The van der Waals surface area contributed by atoms with E-state index >= 15 is 0 Å². The number of rotatable bonds is 6. The monoisotopic (exact) mass is 518 g/mol. The molecular weight excluding hydrogens is 487 g/mol. The Balaban J connectivity index is 1.08. The molecule has 38 heavy (non-hydrogen) atoms. The summed E-state index contributed by atoms with van der Waals surface area (Å²) in [7, 11) is 0. The maximum absolute atomic E-state index is 13.1. The first kappa shape index (κ1) is 25.6. The third-order valence-corrected chi connectivity index (χ3v) is 6.83. The molecule has 2 aliphatic heterocycles. The molecule has 0 radical (unpaired) electrons. The van der Waals surface area contributed by atoms with E-state index in [4.69, 9.17) is 4.74 Å². The number of piperazine rings is 1. The Morgan fingerprint density at radius 2 is 1.61 bits per heavy atom. The molecular formula is C28H31FN6O3. The molecule has 2 aromatic heterocycles. The van der Waals surface area contributed by atoms with E-state index in [9.17, 15) is 14.0 Å². The average molecular weight is 519 g/mol. The van der Waals surface area contributed by atoms with Crippen molar-refractivity contribution in [2.45, 2.75) is 25.8 Å². The van der Waals surface area contributed by atoms with Crippen molar-refractivity contribution in [3.8, 4) is 5.88 Å². The lowest BCUT2D eigenvalue weighted by Crippen LogP contribution is -2.49. The van der Waals surface area contributed by atoms with Crippen LogP contribution in [0.1, 0.15) is 35.2 Å². The average Bonchev–Trinajstić information content (AvgIpc) is 2.95. The molecule has 1 N–H and O–H groups in total. The van der Waals surface area contributed by atoms with E-state index in [1.54, 1.807) is 23.1 Å². The third kappa shape index (κ3) is 6.63. The van der Waals surface area contributed by atoms with Gasteiger partial charge in [0.05, 0.1) is 18.1 Å². The van der Waals surface area contributed by atoms with E-state index < -0.39 is 6.09 Å². The van der Waals surface area contributed by atoms with Gasteiger partial charge >= 0.3 is 6.09 Å². The smallest absolute Gasteiger partial charge is 0.391 e. The summed E-state index contributed by atoms with van der Waals surface area (Å²) in [6, 6.07) is 13.9. The predicted molar refractivity (Wildman–Crippen MR) is 142 cm³/mol. The maximum Gasteiger partial charge on any atom is 0.416 e. The number of piperidine rings is 1. The summed E-state index contributed by atoms with van der Waals surface area (Å²) in [5.41, 5.74) is 2.27. The van der Waals surface area contributed by atoms with Gasteiger partial charge in [0.25, 0.3) is 5.91 Å². The van der Waals surface area contributed by atoms with Crippen molar-refractivity contribution in [1.29, 1.82) is 0 Å². The largest absolute Gasteiger partial charge is 0.416 e. The van der Waals surface area contributed by atoms with Crippen LogP contribution in [-0.4, -0.2) is 71.0 Å². The molecule has 0 aliphatic carbocycles. The first-order chi connectivity index (χ1) is 18.5. The zero-order chi connectivity index (χ0) is 26.3. The first-order valence-electron chi connectivity index (χ1n) is 13.0. The van der Waals surface area contributed by atoms with Crippen LogP contribution in [0.25, 0.3) is 0 Å². The van der Waals surface area contributed by atoms with E-state index in [2.05, 4.69) is 20.2 Å². The first-order valence-corrected chi connectivity index (χ1v) is 13.0. The summed E-state index contributed by atoms with van der Waals surface area (Å²) in [4.78, 5) is 39.5. The lowest BCUT2D eigenvalue weighted by atomic mass is 10.1. The number of hydrogen-bond acceptors (Lipinski definition) is 7. The molecule has 0 atom stereocenters. The highest BCUT2D eigenvalue weighted by Gasteiger charge is 2.23. The Morgan fingerprint density at radius 3 is 2.26 bits per heavy atom. The molecule has 198 valence electrons. The topological polar surface area (TPSA) is 90.9 Å². The van der Waals surface area contributed by atoms with Crippen molar-refractivity contribution in [2.75, 3.05) is 49.5 Å². The summed E-state index contributed by atoms with van der Waals surface area (Å²) in [5.74, 6) is 0.214. The molecule has 2 saturated heterocycles. The molecule has 0 bridgehead atoms. The predicted octanol–water partition coefficient (Wildman–Crippen LogP) is 4.17. The highest BCUT2D eigenvalue weighted by Crippen LogP contribution is 2.18. The van der Waals surface area contributed by atoms with E-state index in [0.717, 1.165) is 19.6 Å². The number of ether oxygens (including phenoxy) is 1. The number of benzene rings is 1. The van der Waals surface area contributed by atoms with Crippen LogP contribution in [0, 0.1) is 5.82 Å². The molecule has 2 fully saturated rings. The molecule has 0 spiro atoms. The van der Waals surface area contributed by atoms with Gasteiger partial charge in [0, 0.05) is 44.4 Å². The standard InChI is InChI=1S/C28H31FN6O3/c29-23-8-10-25(30-18-23)34-14-16-35(17-15-34)28(37)38-26-11-9-24(19-31-26)32-27(36)22-6-4-21(5-7-22)20-33-12-2-1-3-13-33/h4-11,18-19H,1-3,12-17,20H2,(H,32,36). The van der Waals surface area contributed by atoms with Crippen LogP contribution in [0.2, 0.25) is 0 Å². The van der Waals surface area contributed by atoms with Crippen LogP contribution < -0.4 is 15.0 Å². The molecule has 2 amide bonds. The molecule has 2 aliphatic rings. The number of nitrogens with one attached hydrogen (secondary N) is 1. The lowest BCUT2D eigenvalue weighted by Gasteiger charge is -2.34. The van der Waals surface area contributed by atoms with Gasteiger partial charge in [-0.15, -0.1) is 0 Å². The summed E-state index contributed by atoms with van der Waals surface area (Å²) in [5, 5.41) is 2.83. The zero-order valence-corrected chi connectivity index (χ0v) is 21.2. The fraction of sp³-hybridized carbons (Fsp3) is 0.357. The Labute approximate surface area is 221 Å². The minimum Gasteiger partial charge on any atom is -0.391 e. The number of carbonyl (C=O) groups excluding carboxylic acids is 2. The number of carbonyl (C=O) groups is 2. The second-order valence-corrected chi connectivity index (χ2v) is 9.55. The number of anilines is 2. The van der Waals surface area contributed by atoms with Gasteiger partial charge in [-0.25, -0.2) is 19.2 Å². The maximum atomic E-state index is 13.1. The van der Waals surface area contributed by atoms with E-state index in [1.807, 2.05) is 29.2 Å². The van der Waals surface area contributed by atoms with Crippen LogP contribution in [0.5, 0.6) is 5.88 Å². The van der Waals surface area contributed by atoms with Crippen LogP contribution in [0.4, 0.5) is 20.7 Å². The SMILES string of the molecule is O=C(Nc1ccc(OC(=O)N2CCN(c3ccc(F)cn3)CC2)nc1)c1ccc(CN2CCCCC2)cc1. The van der Waals surface area contributed by atoms with Gasteiger partial charge in [-0.05, 0) is 61.8 Å². The van der Waals surface area contributed by atoms with E-state index in [1.165, 1.54) is 43.3 Å². The van der Waals surface area contributed by atoms with E-state index in [0.29, 0.717) is 43.2 Å². The number of aromatic nitrogens is 2. The van der Waals surface area contributed by atoms with Crippen LogP contribution in [-0.2, 0) is 6.54 Å². The summed E-state index contributed by atoms with van der Waals surface area (Å²) >= 11 is 0. The Kier molecular flexibility index (Phi) is 8.08. The van der Waals surface area contributed by atoms with Crippen molar-refractivity contribution < 1.29 is 18.7 Å². The van der Waals surface area contributed by atoms with Crippen LogP contribution in [0.15, 0.2) is 60.9 Å². The number of amides is 2. The number of halogens is 1. The quantitative estimate of drug-likeness (QED) is 0.524. The van der Waals surface area contributed by atoms with Crippen molar-refractivity contribution in [2.24, 2.45) is 0 Å². The summed E-state index contributed by atoms with van der Waals surface area (Å²) in [6.45, 7) is 5.19. The van der Waals surface area contributed by atoms with Gasteiger partial charge in [0.2, 0.25) is 5.88 Å². The van der Waals surface area contributed by atoms with Gasteiger partial charge in [0.15, 0.2) is 0 Å². The number of likely N-dealkylation sites (tertiary alicyclic amines) is 1. The number of pyridine rings is 2. The van der Waals surface area contributed by atoms with Crippen LogP contribution >= 0.6 is 0 Å². The molecule has 10 heteroatoms. The van der Waals surface area contributed by atoms with Crippen molar-refractivity contribution in [1.82, 2.24) is 19.8 Å². The zero-order valence-electron chi connectivity index (χ0n) is 21.2. The Morgan fingerprint density at radius 1 is 0.842 bits per heavy atom. The van der Waals surface area contributed by atoms with Gasteiger partial charge in [-0.3, -0.25) is 9.69 Å². The van der Waals surface area contributed by atoms with Crippen LogP contribution in [0.3, 0.4) is 0 Å². The second-order valence-electron chi connectivity index (χ2n) is 9.55. The summed E-state index contributed by atoms with van der Waals surface area (Å²) < 4.78 is 18.5. The van der Waals surface area contributed by atoms with Gasteiger partial charge < -0.3 is 19.9 Å².